The summed E-state index contributed by atoms with van der Waals surface area (Å²) in [5, 5.41) is 0. The first-order valence-corrected chi connectivity index (χ1v) is 10.6. The molecule has 1 amide bonds. The first-order chi connectivity index (χ1) is 13.2. The maximum atomic E-state index is 12.6. The van der Waals surface area contributed by atoms with E-state index in [4.69, 9.17) is 18.9 Å². The van der Waals surface area contributed by atoms with Crippen LogP contribution in [0.15, 0.2) is 0 Å². The summed E-state index contributed by atoms with van der Waals surface area (Å²) in [6, 6.07) is -0.179. The third-order valence-corrected chi connectivity index (χ3v) is 5.16. The summed E-state index contributed by atoms with van der Waals surface area (Å²) >= 11 is 0. The number of ether oxygens (including phenoxy) is 4. The van der Waals surface area contributed by atoms with Gasteiger partial charge in [-0.15, -0.1) is 0 Å². The number of rotatable bonds is 6. The molecule has 0 saturated carbocycles. The third kappa shape index (κ3) is 7.24. The Kier molecular flexibility index (Phi) is 8.56. The van der Waals surface area contributed by atoms with Gasteiger partial charge in [0.2, 0.25) is 0 Å². The van der Waals surface area contributed by atoms with E-state index in [1.807, 2.05) is 27.7 Å². The average Bonchev–Trinajstić information content (AvgIpc) is 2.65. The molecule has 7 heteroatoms. The topological polar surface area (TPSA) is 74.3 Å². The lowest BCUT2D eigenvalue weighted by Gasteiger charge is -2.39. The van der Waals surface area contributed by atoms with E-state index in [-0.39, 0.29) is 18.2 Å². The third-order valence-electron chi connectivity index (χ3n) is 5.16. The van der Waals surface area contributed by atoms with Crippen LogP contribution in [-0.4, -0.2) is 66.7 Å². The van der Waals surface area contributed by atoms with Crippen LogP contribution in [0.5, 0.6) is 0 Å². The highest BCUT2D eigenvalue weighted by atomic mass is 16.6. The molecule has 2 aliphatic rings. The number of amides is 1. The van der Waals surface area contributed by atoms with Gasteiger partial charge in [-0.05, 0) is 73.1 Å². The van der Waals surface area contributed by atoms with Crippen molar-refractivity contribution in [2.75, 3.05) is 19.8 Å². The van der Waals surface area contributed by atoms with Gasteiger partial charge in [-0.2, -0.15) is 0 Å². The zero-order valence-corrected chi connectivity index (χ0v) is 18.1. The number of likely N-dealkylation sites (tertiary alicyclic amines) is 1. The Hall–Kier alpha value is -1.34. The summed E-state index contributed by atoms with van der Waals surface area (Å²) < 4.78 is 22.5. The van der Waals surface area contributed by atoms with Crippen molar-refractivity contribution in [3.05, 3.63) is 0 Å². The number of piperidine rings is 1. The van der Waals surface area contributed by atoms with Crippen molar-refractivity contribution in [1.82, 2.24) is 4.90 Å². The van der Waals surface area contributed by atoms with Crippen LogP contribution >= 0.6 is 0 Å². The molecule has 2 fully saturated rings. The molecule has 0 bridgehead atoms. The number of esters is 1. The molecular weight excluding hydrogens is 362 g/mol. The van der Waals surface area contributed by atoms with E-state index < -0.39 is 23.8 Å². The Morgan fingerprint density at radius 1 is 1.11 bits per heavy atom. The quantitative estimate of drug-likeness (QED) is 0.634. The molecule has 0 aromatic carbocycles. The first-order valence-electron chi connectivity index (χ1n) is 10.6. The predicted molar refractivity (Wildman–Crippen MR) is 105 cm³/mol. The van der Waals surface area contributed by atoms with Crippen molar-refractivity contribution in [2.24, 2.45) is 0 Å². The van der Waals surface area contributed by atoms with Gasteiger partial charge in [-0.3, -0.25) is 0 Å². The van der Waals surface area contributed by atoms with E-state index in [2.05, 4.69) is 0 Å². The van der Waals surface area contributed by atoms with Crippen LogP contribution in [0.3, 0.4) is 0 Å². The highest BCUT2D eigenvalue weighted by molar-refractivity contribution is 5.74. The fraction of sp³-hybridized carbons (Fsp3) is 0.905. The van der Waals surface area contributed by atoms with E-state index in [1.165, 1.54) is 0 Å². The maximum absolute atomic E-state index is 12.6. The maximum Gasteiger partial charge on any atom is 0.410 e. The van der Waals surface area contributed by atoms with Crippen molar-refractivity contribution in [3.8, 4) is 0 Å². The van der Waals surface area contributed by atoms with E-state index in [0.717, 1.165) is 45.1 Å². The number of hydrogen-bond acceptors (Lipinski definition) is 6. The van der Waals surface area contributed by atoms with Crippen LogP contribution in [0.1, 0.15) is 73.1 Å². The van der Waals surface area contributed by atoms with Crippen molar-refractivity contribution in [1.29, 1.82) is 0 Å². The molecular formula is C21H37NO6. The minimum absolute atomic E-state index is 0.0578. The second-order valence-electron chi connectivity index (χ2n) is 8.84. The van der Waals surface area contributed by atoms with Gasteiger partial charge in [0.1, 0.15) is 11.7 Å². The predicted octanol–water partition coefficient (Wildman–Crippen LogP) is 3.68. The second-order valence-corrected chi connectivity index (χ2v) is 8.84. The largest absolute Gasteiger partial charge is 0.459 e. The molecule has 0 aliphatic carbocycles. The summed E-state index contributed by atoms with van der Waals surface area (Å²) in [6.07, 6.45) is 4.52. The van der Waals surface area contributed by atoms with Crippen molar-refractivity contribution < 1.29 is 28.5 Å². The van der Waals surface area contributed by atoms with Gasteiger partial charge in [0.25, 0.3) is 0 Å². The summed E-state index contributed by atoms with van der Waals surface area (Å²) in [5.41, 5.74) is -0.553. The lowest BCUT2D eigenvalue weighted by atomic mass is 9.98. The van der Waals surface area contributed by atoms with Crippen LogP contribution in [0.2, 0.25) is 0 Å². The smallest absolute Gasteiger partial charge is 0.410 e. The Morgan fingerprint density at radius 2 is 1.82 bits per heavy atom. The zero-order valence-electron chi connectivity index (χ0n) is 18.1. The molecule has 28 heavy (non-hydrogen) atoms. The van der Waals surface area contributed by atoms with Crippen LogP contribution in [0.4, 0.5) is 4.79 Å². The fourth-order valence-corrected chi connectivity index (χ4v) is 3.61. The van der Waals surface area contributed by atoms with E-state index in [0.29, 0.717) is 13.2 Å². The standard InChI is InChI=1S/C21H37NO6/c1-15(18-11-6-8-12-22(18)20(24)28-21(3,4)5)27-19(23)16(2)26-14-17-10-7-9-13-25-17/h15-18H,6-14H2,1-5H3/t15-,16+,17+,18+/m1/s1. The lowest BCUT2D eigenvalue weighted by molar-refractivity contribution is -0.167. The fourth-order valence-electron chi connectivity index (χ4n) is 3.61. The van der Waals surface area contributed by atoms with Crippen molar-refractivity contribution in [3.63, 3.8) is 0 Å². The molecule has 0 unspecified atom stereocenters. The molecule has 7 nitrogen and oxygen atoms in total. The van der Waals surface area contributed by atoms with Gasteiger partial charge in [0.15, 0.2) is 6.10 Å². The molecule has 2 rings (SSSR count). The SMILES string of the molecule is C[C@H](OC[C@@H]1CCCCO1)C(=O)O[C@H](C)[C@@H]1CCCCN1C(=O)OC(C)(C)C. The Labute approximate surface area is 169 Å². The lowest BCUT2D eigenvalue weighted by Crippen LogP contribution is -2.52. The molecule has 2 heterocycles. The molecule has 0 N–H and O–H groups in total. The van der Waals surface area contributed by atoms with Gasteiger partial charge in [0.05, 0.1) is 18.8 Å². The molecule has 0 aromatic rings. The van der Waals surface area contributed by atoms with Crippen molar-refractivity contribution >= 4 is 12.1 Å². The molecule has 2 saturated heterocycles. The van der Waals surface area contributed by atoms with Gasteiger partial charge >= 0.3 is 12.1 Å². The van der Waals surface area contributed by atoms with Gasteiger partial charge < -0.3 is 23.8 Å². The minimum Gasteiger partial charge on any atom is -0.459 e. The van der Waals surface area contributed by atoms with Crippen LogP contribution in [0.25, 0.3) is 0 Å². The van der Waals surface area contributed by atoms with E-state index in [1.54, 1.807) is 11.8 Å². The average molecular weight is 400 g/mol. The molecule has 4 atom stereocenters. The number of hydrogen-bond donors (Lipinski definition) is 0. The van der Waals surface area contributed by atoms with Gasteiger partial charge in [-0.25, -0.2) is 9.59 Å². The minimum atomic E-state index is -0.661. The normalized spacial score (nSPS) is 25.7. The number of carbonyl (C=O) groups excluding carboxylic acids is 2. The Balaban J connectivity index is 1.84. The van der Waals surface area contributed by atoms with Gasteiger partial charge in [0, 0.05) is 13.2 Å². The molecule has 2 aliphatic heterocycles. The van der Waals surface area contributed by atoms with Gasteiger partial charge in [-0.1, -0.05) is 0 Å². The highest BCUT2D eigenvalue weighted by Crippen LogP contribution is 2.24. The second kappa shape index (κ2) is 10.4. The van der Waals surface area contributed by atoms with E-state index in [9.17, 15) is 9.59 Å². The van der Waals surface area contributed by atoms with Crippen LogP contribution in [0, 0.1) is 0 Å². The Morgan fingerprint density at radius 3 is 2.46 bits per heavy atom. The number of carbonyl (C=O) groups is 2. The van der Waals surface area contributed by atoms with Crippen molar-refractivity contribution in [2.45, 2.75) is 103 Å². The highest BCUT2D eigenvalue weighted by Gasteiger charge is 2.36. The monoisotopic (exact) mass is 399 g/mol. The molecule has 0 spiro atoms. The van der Waals surface area contributed by atoms with Crippen LogP contribution < -0.4 is 0 Å². The van der Waals surface area contributed by atoms with E-state index >= 15 is 0 Å². The summed E-state index contributed by atoms with van der Waals surface area (Å²) in [7, 11) is 0. The molecule has 162 valence electrons. The summed E-state index contributed by atoms with van der Waals surface area (Å²) in [4.78, 5) is 26.7. The van der Waals surface area contributed by atoms with Crippen LogP contribution in [-0.2, 0) is 23.7 Å². The molecule has 0 radical (unpaired) electrons. The summed E-state index contributed by atoms with van der Waals surface area (Å²) in [6.45, 7) is 10.9. The Bertz CT molecular complexity index is 512. The number of nitrogens with zero attached hydrogens (tertiary/aromatic N) is 1. The zero-order chi connectivity index (χ0) is 20.7. The molecule has 0 aromatic heterocycles. The summed E-state index contributed by atoms with van der Waals surface area (Å²) in [5.74, 6) is -0.405. The first kappa shape index (κ1) is 22.9.